The third-order valence-electron chi connectivity index (χ3n) is 4.66. The highest BCUT2D eigenvalue weighted by molar-refractivity contribution is 6.11. The fourth-order valence-corrected chi connectivity index (χ4v) is 3.32. The lowest BCUT2D eigenvalue weighted by molar-refractivity contribution is 0.0961. The first-order valence-electron chi connectivity index (χ1n) is 8.54. The Balaban J connectivity index is 1.81. The zero-order valence-corrected chi connectivity index (χ0v) is 14.5. The molecular weight excluding hydrogens is 322 g/mol. The fraction of sp³-hybridized carbons (Fsp3) is 0.0909. The monoisotopic (exact) mass is 341 g/mol. The van der Waals surface area contributed by atoms with Crippen LogP contribution in [0.5, 0.6) is 0 Å². The van der Waals surface area contributed by atoms with Gasteiger partial charge in [0, 0.05) is 35.9 Å². The van der Waals surface area contributed by atoms with Crippen LogP contribution in [-0.2, 0) is 0 Å². The van der Waals surface area contributed by atoms with Crippen molar-refractivity contribution in [2.24, 2.45) is 0 Å². The molecule has 2 aromatic carbocycles. The van der Waals surface area contributed by atoms with Gasteiger partial charge >= 0.3 is 0 Å². The van der Waals surface area contributed by atoms with Gasteiger partial charge in [-0.05, 0) is 23.8 Å². The van der Waals surface area contributed by atoms with E-state index in [4.69, 9.17) is 0 Å². The molecule has 1 atom stereocenters. The second-order valence-electron chi connectivity index (χ2n) is 6.25. The Labute approximate surface area is 152 Å². The summed E-state index contributed by atoms with van der Waals surface area (Å²) in [4.78, 5) is 22.9. The lowest BCUT2D eigenvalue weighted by Crippen LogP contribution is -2.31. The van der Waals surface area contributed by atoms with Gasteiger partial charge in [-0.25, -0.2) is 0 Å². The molecule has 0 aliphatic rings. The number of pyridine rings is 1. The van der Waals surface area contributed by atoms with Crippen LogP contribution in [0.1, 0.15) is 22.0 Å². The number of Topliss-reactive ketones (excluding diaryl/α,β-unsaturated/α-hetero) is 1. The number of aromatic amines is 1. The first-order chi connectivity index (χ1) is 12.8. The summed E-state index contributed by atoms with van der Waals surface area (Å²) in [5, 5.41) is 0.943. The first kappa shape index (κ1) is 16.1. The topological polar surface area (TPSA) is 49.0 Å². The molecule has 0 amide bonds. The SMILES string of the molecule is CN(c1cccnc1)C(C(=O)c1c[nH]c2ccccc12)c1ccccc1. The van der Waals surface area contributed by atoms with Crippen molar-refractivity contribution in [2.75, 3.05) is 11.9 Å². The summed E-state index contributed by atoms with van der Waals surface area (Å²) in [6.45, 7) is 0. The number of likely N-dealkylation sites (N-methyl/N-ethyl adjacent to an activating group) is 1. The van der Waals surface area contributed by atoms with Crippen LogP contribution in [-0.4, -0.2) is 22.8 Å². The molecule has 4 nitrogen and oxygen atoms in total. The highest BCUT2D eigenvalue weighted by Gasteiger charge is 2.28. The summed E-state index contributed by atoms with van der Waals surface area (Å²) >= 11 is 0. The van der Waals surface area contributed by atoms with E-state index in [9.17, 15) is 4.79 Å². The Morgan fingerprint density at radius 2 is 1.77 bits per heavy atom. The number of nitrogens with zero attached hydrogens (tertiary/aromatic N) is 2. The number of rotatable bonds is 5. The van der Waals surface area contributed by atoms with Crippen LogP contribution in [0.15, 0.2) is 85.3 Å². The molecule has 0 saturated heterocycles. The quantitative estimate of drug-likeness (QED) is 0.539. The van der Waals surface area contributed by atoms with Crippen LogP contribution in [0.2, 0.25) is 0 Å². The van der Waals surface area contributed by atoms with Crippen LogP contribution in [0.3, 0.4) is 0 Å². The Bertz CT molecular complexity index is 1020. The smallest absolute Gasteiger partial charge is 0.191 e. The number of ketones is 1. The summed E-state index contributed by atoms with van der Waals surface area (Å²) in [6, 6.07) is 21.1. The number of nitrogens with one attached hydrogen (secondary N) is 1. The normalized spacial score (nSPS) is 12.0. The number of aromatic nitrogens is 2. The minimum Gasteiger partial charge on any atom is -0.360 e. The van der Waals surface area contributed by atoms with E-state index in [2.05, 4.69) is 9.97 Å². The maximum atomic E-state index is 13.6. The largest absolute Gasteiger partial charge is 0.360 e. The molecule has 0 fully saturated rings. The van der Waals surface area contributed by atoms with E-state index < -0.39 is 6.04 Å². The van der Waals surface area contributed by atoms with Gasteiger partial charge in [0.2, 0.25) is 0 Å². The number of carbonyl (C=O) groups is 1. The second-order valence-corrected chi connectivity index (χ2v) is 6.25. The summed E-state index contributed by atoms with van der Waals surface area (Å²) in [5.41, 5.74) is 3.51. The Morgan fingerprint density at radius 1 is 1.00 bits per heavy atom. The van der Waals surface area contributed by atoms with Gasteiger partial charge in [-0.1, -0.05) is 48.5 Å². The van der Waals surface area contributed by atoms with Crippen molar-refractivity contribution in [1.82, 2.24) is 9.97 Å². The van der Waals surface area contributed by atoms with E-state index in [1.54, 1.807) is 18.6 Å². The molecule has 2 heterocycles. The number of para-hydroxylation sites is 1. The second kappa shape index (κ2) is 6.84. The van der Waals surface area contributed by atoms with E-state index in [0.29, 0.717) is 5.56 Å². The van der Waals surface area contributed by atoms with Gasteiger partial charge in [0.15, 0.2) is 5.78 Å². The lowest BCUT2D eigenvalue weighted by atomic mass is 9.95. The molecule has 4 heteroatoms. The summed E-state index contributed by atoms with van der Waals surface area (Å²) in [5.74, 6) is 0.0556. The van der Waals surface area contributed by atoms with Crippen LogP contribution < -0.4 is 4.90 Å². The van der Waals surface area contributed by atoms with Gasteiger partial charge in [0.1, 0.15) is 6.04 Å². The van der Waals surface area contributed by atoms with Crippen LogP contribution in [0.25, 0.3) is 10.9 Å². The van der Waals surface area contributed by atoms with E-state index in [1.165, 1.54) is 0 Å². The highest BCUT2D eigenvalue weighted by Crippen LogP contribution is 2.30. The van der Waals surface area contributed by atoms with Crippen molar-refractivity contribution in [3.63, 3.8) is 0 Å². The Morgan fingerprint density at radius 3 is 2.54 bits per heavy atom. The fourth-order valence-electron chi connectivity index (χ4n) is 3.32. The number of H-pyrrole nitrogens is 1. The zero-order chi connectivity index (χ0) is 17.9. The first-order valence-corrected chi connectivity index (χ1v) is 8.54. The number of benzene rings is 2. The van der Waals surface area contributed by atoms with Gasteiger partial charge in [-0.3, -0.25) is 9.78 Å². The Hall–Kier alpha value is -3.40. The van der Waals surface area contributed by atoms with Crippen LogP contribution in [0, 0.1) is 0 Å². The Kier molecular flexibility index (Phi) is 4.23. The third-order valence-corrected chi connectivity index (χ3v) is 4.66. The molecule has 128 valence electrons. The predicted molar refractivity (Wildman–Crippen MR) is 104 cm³/mol. The summed E-state index contributed by atoms with van der Waals surface area (Å²) in [6.07, 6.45) is 5.31. The molecule has 0 saturated carbocycles. The standard InChI is InChI=1S/C22H19N3O/c1-25(17-10-7-13-23-14-17)21(16-8-3-2-4-9-16)22(26)19-15-24-20-12-6-5-11-18(19)20/h2-15,21,24H,1H3. The van der Waals surface area contributed by atoms with Crippen LogP contribution >= 0.6 is 0 Å². The molecule has 0 bridgehead atoms. The number of anilines is 1. The predicted octanol–water partition coefficient (Wildman–Crippen LogP) is 4.62. The summed E-state index contributed by atoms with van der Waals surface area (Å²) in [7, 11) is 1.93. The molecule has 26 heavy (non-hydrogen) atoms. The molecular formula is C22H19N3O. The number of carbonyl (C=O) groups excluding carboxylic acids is 1. The van der Waals surface area contributed by atoms with Crippen molar-refractivity contribution >= 4 is 22.4 Å². The molecule has 0 spiro atoms. The van der Waals surface area contributed by atoms with E-state index in [-0.39, 0.29) is 5.78 Å². The van der Waals surface area contributed by atoms with E-state index in [1.807, 2.05) is 78.7 Å². The zero-order valence-electron chi connectivity index (χ0n) is 14.5. The van der Waals surface area contributed by atoms with E-state index in [0.717, 1.165) is 22.2 Å². The van der Waals surface area contributed by atoms with E-state index >= 15 is 0 Å². The van der Waals surface area contributed by atoms with Crippen molar-refractivity contribution in [3.8, 4) is 0 Å². The van der Waals surface area contributed by atoms with Crippen LogP contribution in [0.4, 0.5) is 5.69 Å². The number of hydrogen-bond acceptors (Lipinski definition) is 3. The molecule has 2 aromatic heterocycles. The minimum atomic E-state index is -0.431. The van der Waals surface area contributed by atoms with Crippen molar-refractivity contribution in [3.05, 3.63) is 96.4 Å². The average molecular weight is 341 g/mol. The van der Waals surface area contributed by atoms with Crippen molar-refractivity contribution < 1.29 is 4.79 Å². The molecule has 1 N–H and O–H groups in total. The molecule has 4 aromatic rings. The molecule has 1 unspecified atom stereocenters. The third kappa shape index (κ3) is 2.86. The highest BCUT2D eigenvalue weighted by atomic mass is 16.1. The minimum absolute atomic E-state index is 0.0556. The van der Waals surface area contributed by atoms with Crippen molar-refractivity contribution in [1.29, 1.82) is 0 Å². The number of fused-ring (bicyclic) bond motifs is 1. The van der Waals surface area contributed by atoms with Gasteiger partial charge in [0.05, 0.1) is 11.9 Å². The lowest BCUT2D eigenvalue weighted by Gasteiger charge is -2.29. The molecule has 4 rings (SSSR count). The van der Waals surface area contributed by atoms with Crippen molar-refractivity contribution in [2.45, 2.75) is 6.04 Å². The maximum absolute atomic E-state index is 13.6. The molecule has 0 aliphatic carbocycles. The molecule has 0 radical (unpaired) electrons. The summed E-state index contributed by atoms with van der Waals surface area (Å²) < 4.78 is 0. The van der Waals surface area contributed by atoms with Gasteiger partial charge in [0.25, 0.3) is 0 Å². The number of hydrogen-bond donors (Lipinski definition) is 1. The van der Waals surface area contributed by atoms with Gasteiger partial charge in [-0.15, -0.1) is 0 Å². The van der Waals surface area contributed by atoms with Gasteiger partial charge in [-0.2, -0.15) is 0 Å². The van der Waals surface area contributed by atoms with Gasteiger partial charge < -0.3 is 9.88 Å². The molecule has 0 aliphatic heterocycles. The average Bonchev–Trinajstić information content (AvgIpc) is 3.14. The maximum Gasteiger partial charge on any atom is 0.191 e.